The number of fused-ring (bicyclic) bond motifs is 1. The predicted octanol–water partition coefficient (Wildman–Crippen LogP) is 3.90. The summed E-state index contributed by atoms with van der Waals surface area (Å²) in [6, 6.07) is 5.59. The zero-order valence-corrected chi connectivity index (χ0v) is 11.9. The van der Waals surface area contributed by atoms with Crippen molar-refractivity contribution in [2.24, 2.45) is 11.3 Å². The molecule has 102 valence electrons. The first-order chi connectivity index (χ1) is 9.09. The van der Waals surface area contributed by atoms with Gasteiger partial charge >= 0.3 is 0 Å². The van der Waals surface area contributed by atoms with E-state index in [0.717, 1.165) is 49.5 Å². The molecule has 1 amide bonds. The highest BCUT2D eigenvalue weighted by molar-refractivity contribution is 6.31. The second kappa shape index (κ2) is 4.71. The highest BCUT2D eigenvalue weighted by Crippen LogP contribution is 2.42. The van der Waals surface area contributed by atoms with E-state index >= 15 is 0 Å². The standard InChI is InChI=1S/C15H19ClN2O/c1-10-4-6-15(7-5-10)9-17-12-3-2-11(16)8-13(12)18-14(15)19/h2-3,8,10,17H,4-7,9H2,1H3,(H,18,19). The summed E-state index contributed by atoms with van der Waals surface area (Å²) in [6.07, 6.45) is 4.20. The Morgan fingerprint density at radius 1 is 1.26 bits per heavy atom. The van der Waals surface area contributed by atoms with Crippen LogP contribution in [-0.2, 0) is 4.79 Å². The van der Waals surface area contributed by atoms with Gasteiger partial charge in [0, 0.05) is 11.6 Å². The van der Waals surface area contributed by atoms with Crippen molar-refractivity contribution in [2.45, 2.75) is 32.6 Å². The number of amides is 1. The monoisotopic (exact) mass is 278 g/mol. The molecule has 1 aromatic carbocycles. The quantitative estimate of drug-likeness (QED) is 0.756. The van der Waals surface area contributed by atoms with Crippen LogP contribution in [0.5, 0.6) is 0 Å². The molecule has 0 aromatic heterocycles. The molecular formula is C15H19ClN2O. The summed E-state index contributed by atoms with van der Waals surface area (Å²) in [5, 5.41) is 7.12. The highest BCUT2D eigenvalue weighted by atomic mass is 35.5. The molecule has 3 nitrogen and oxygen atoms in total. The Morgan fingerprint density at radius 2 is 2.00 bits per heavy atom. The fraction of sp³-hybridized carbons (Fsp3) is 0.533. The number of carbonyl (C=O) groups is 1. The molecule has 1 heterocycles. The van der Waals surface area contributed by atoms with E-state index in [-0.39, 0.29) is 11.3 Å². The van der Waals surface area contributed by atoms with Gasteiger partial charge in [0.1, 0.15) is 0 Å². The lowest BCUT2D eigenvalue weighted by molar-refractivity contribution is -0.126. The van der Waals surface area contributed by atoms with Gasteiger partial charge in [-0.15, -0.1) is 0 Å². The molecule has 4 heteroatoms. The summed E-state index contributed by atoms with van der Waals surface area (Å²) in [4.78, 5) is 12.6. The van der Waals surface area contributed by atoms with Crippen LogP contribution >= 0.6 is 11.6 Å². The molecule has 19 heavy (non-hydrogen) atoms. The van der Waals surface area contributed by atoms with Gasteiger partial charge in [0.05, 0.1) is 16.8 Å². The SMILES string of the molecule is CC1CCC2(CC1)CNc1ccc(Cl)cc1NC2=O. The summed E-state index contributed by atoms with van der Waals surface area (Å²) < 4.78 is 0. The molecule has 1 aliphatic carbocycles. The number of hydrogen-bond acceptors (Lipinski definition) is 2. The van der Waals surface area contributed by atoms with Crippen molar-refractivity contribution in [3.05, 3.63) is 23.2 Å². The molecule has 1 fully saturated rings. The fourth-order valence-electron chi connectivity index (χ4n) is 3.09. The first kappa shape index (κ1) is 12.8. The van der Waals surface area contributed by atoms with E-state index in [1.165, 1.54) is 0 Å². The smallest absolute Gasteiger partial charge is 0.232 e. The normalized spacial score (nSPS) is 30.2. The van der Waals surface area contributed by atoms with Crippen LogP contribution in [0.4, 0.5) is 11.4 Å². The second-order valence-corrected chi connectivity index (χ2v) is 6.40. The molecule has 1 spiro atoms. The molecule has 1 saturated carbocycles. The van der Waals surface area contributed by atoms with E-state index in [2.05, 4.69) is 17.6 Å². The van der Waals surface area contributed by atoms with Crippen molar-refractivity contribution >= 4 is 28.9 Å². The number of carbonyl (C=O) groups excluding carboxylic acids is 1. The Kier molecular flexibility index (Phi) is 3.17. The minimum atomic E-state index is -0.252. The van der Waals surface area contributed by atoms with Gasteiger partial charge in [-0.2, -0.15) is 0 Å². The lowest BCUT2D eigenvalue weighted by Crippen LogP contribution is -2.42. The maximum atomic E-state index is 12.6. The van der Waals surface area contributed by atoms with Gasteiger partial charge in [-0.05, 0) is 49.8 Å². The zero-order valence-electron chi connectivity index (χ0n) is 11.1. The molecule has 0 bridgehead atoms. The van der Waals surface area contributed by atoms with E-state index in [1.54, 1.807) is 0 Å². The molecule has 0 unspecified atom stereocenters. The first-order valence-electron chi connectivity index (χ1n) is 6.94. The van der Waals surface area contributed by atoms with Crippen LogP contribution in [0.2, 0.25) is 5.02 Å². The highest BCUT2D eigenvalue weighted by Gasteiger charge is 2.42. The van der Waals surface area contributed by atoms with Crippen LogP contribution in [0.3, 0.4) is 0 Å². The Labute approximate surface area is 118 Å². The molecule has 1 aromatic rings. The molecule has 0 atom stereocenters. The average Bonchev–Trinajstić information content (AvgIpc) is 2.51. The van der Waals surface area contributed by atoms with Crippen LogP contribution in [0, 0.1) is 11.3 Å². The van der Waals surface area contributed by atoms with E-state index in [4.69, 9.17) is 11.6 Å². The minimum absolute atomic E-state index is 0.146. The number of hydrogen-bond donors (Lipinski definition) is 2. The van der Waals surface area contributed by atoms with Gasteiger partial charge in [-0.1, -0.05) is 18.5 Å². The minimum Gasteiger partial charge on any atom is -0.382 e. The van der Waals surface area contributed by atoms with Gasteiger partial charge in [0.25, 0.3) is 0 Å². The molecule has 3 rings (SSSR count). The third-order valence-electron chi connectivity index (χ3n) is 4.56. The van der Waals surface area contributed by atoms with Crippen molar-refractivity contribution in [3.63, 3.8) is 0 Å². The van der Waals surface area contributed by atoms with Crippen LogP contribution in [-0.4, -0.2) is 12.5 Å². The van der Waals surface area contributed by atoms with Crippen LogP contribution in [0.15, 0.2) is 18.2 Å². The lowest BCUT2D eigenvalue weighted by atomic mass is 9.70. The van der Waals surface area contributed by atoms with Crippen molar-refractivity contribution < 1.29 is 4.79 Å². The second-order valence-electron chi connectivity index (χ2n) is 5.96. The molecule has 0 radical (unpaired) electrons. The van der Waals surface area contributed by atoms with Gasteiger partial charge in [0.15, 0.2) is 0 Å². The van der Waals surface area contributed by atoms with Crippen LogP contribution in [0.25, 0.3) is 0 Å². The number of halogens is 1. The predicted molar refractivity (Wildman–Crippen MR) is 78.6 cm³/mol. The summed E-state index contributed by atoms with van der Waals surface area (Å²) >= 11 is 5.99. The van der Waals surface area contributed by atoms with Gasteiger partial charge in [-0.25, -0.2) is 0 Å². The molecular weight excluding hydrogens is 260 g/mol. The van der Waals surface area contributed by atoms with Crippen molar-refractivity contribution in [1.82, 2.24) is 0 Å². The third-order valence-corrected chi connectivity index (χ3v) is 4.80. The van der Waals surface area contributed by atoms with Gasteiger partial charge in [0.2, 0.25) is 5.91 Å². The van der Waals surface area contributed by atoms with Crippen molar-refractivity contribution in [1.29, 1.82) is 0 Å². The lowest BCUT2D eigenvalue weighted by Gasteiger charge is -2.36. The number of anilines is 2. The number of rotatable bonds is 0. The topological polar surface area (TPSA) is 41.1 Å². The molecule has 2 aliphatic rings. The summed E-state index contributed by atoms with van der Waals surface area (Å²) in [5.74, 6) is 0.881. The Bertz CT molecular complexity index is 507. The average molecular weight is 279 g/mol. The third kappa shape index (κ3) is 2.32. The molecule has 1 aliphatic heterocycles. The zero-order chi connectivity index (χ0) is 13.5. The summed E-state index contributed by atoms with van der Waals surface area (Å²) in [7, 11) is 0. The van der Waals surface area contributed by atoms with E-state index in [9.17, 15) is 4.79 Å². The Morgan fingerprint density at radius 3 is 2.74 bits per heavy atom. The van der Waals surface area contributed by atoms with Crippen molar-refractivity contribution in [3.8, 4) is 0 Å². The van der Waals surface area contributed by atoms with E-state index in [0.29, 0.717) is 5.02 Å². The maximum absolute atomic E-state index is 12.6. The number of nitrogens with one attached hydrogen (secondary N) is 2. The summed E-state index contributed by atoms with van der Waals surface area (Å²) in [5.41, 5.74) is 1.51. The van der Waals surface area contributed by atoms with Gasteiger partial charge in [-0.3, -0.25) is 4.79 Å². The fourth-order valence-corrected chi connectivity index (χ4v) is 3.26. The molecule has 2 N–H and O–H groups in total. The Balaban J connectivity index is 1.88. The Hall–Kier alpha value is -1.22. The molecule has 0 saturated heterocycles. The van der Waals surface area contributed by atoms with Crippen molar-refractivity contribution in [2.75, 3.05) is 17.2 Å². The number of benzene rings is 1. The summed E-state index contributed by atoms with van der Waals surface area (Å²) in [6.45, 7) is 2.99. The van der Waals surface area contributed by atoms with Crippen LogP contribution in [0.1, 0.15) is 32.6 Å². The van der Waals surface area contributed by atoms with E-state index in [1.807, 2.05) is 18.2 Å². The van der Waals surface area contributed by atoms with Crippen LogP contribution < -0.4 is 10.6 Å². The van der Waals surface area contributed by atoms with E-state index < -0.39 is 0 Å². The largest absolute Gasteiger partial charge is 0.382 e. The van der Waals surface area contributed by atoms with Gasteiger partial charge < -0.3 is 10.6 Å². The first-order valence-corrected chi connectivity index (χ1v) is 7.32. The maximum Gasteiger partial charge on any atom is 0.232 e.